The van der Waals surface area contributed by atoms with Crippen molar-refractivity contribution in [3.8, 4) is 5.75 Å². The average Bonchev–Trinajstić information content (AvgIpc) is 2.05. The summed E-state index contributed by atoms with van der Waals surface area (Å²) in [5, 5.41) is 10.6. The van der Waals surface area contributed by atoms with Gasteiger partial charge in [-0.15, -0.1) is 0 Å². The second kappa shape index (κ2) is 5.62. The van der Waals surface area contributed by atoms with Crippen LogP contribution < -0.4 is 4.18 Å². The zero-order chi connectivity index (χ0) is 11.6. The molecule has 0 aliphatic carbocycles. The Kier molecular flexibility index (Phi) is 5.40. The van der Waals surface area contributed by atoms with E-state index >= 15 is 0 Å². The van der Waals surface area contributed by atoms with Gasteiger partial charge in [-0.25, -0.2) is 0 Å². The molecule has 0 saturated carbocycles. The second-order valence-electron chi connectivity index (χ2n) is 3.02. The molecule has 0 atom stereocenters. The van der Waals surface area contributed by atoms with Crippen LogP contribution in [0.1, 0.15) is 5.56 Å². The van der Waals surface area contributed by atoms with E-state index in [1.54, 1.807) is 6.92 Å². The van der Waals surface area contributed by atoms with Crippen LogP contribution in [0.2, 0.25) is 0 Å². The van der Waals surface area contributed by atoms with Crippen LogP contribution in [0.5, 0.6) is 5.75 Å². The van der Waals surface area contributed by atoms with Gasteiger partial charge >= 0.3 is 15.8 Å². The summed E-state index contributed by atoms with van der Waals surface area (Å²) in [4.78, 5) is 9.90. The predicted octanol–water partition coefficient (Wildman–Crippen LogP) is 0.861. The van der Waals surface area contributed by atoms with Gasteiger partial charge in [0.15, 0.2) is 0 Å². The third-order valence-corrected chi connectivity index (χ3v) is 2.03. The molecule has 1 radical (unpaired) electrons. The van der Waals surface area contributed by atoms with Crippen LogP contribution in [0.4, 0.5) is 5.69 Å². The van der Waals surface area contributed by atoms with Gasteiger partial charge in [-0.05, 0) is 18.6 Å². The van der Waals surface area contributed by atoms with Crippen LogP contribution in [-0.4, -0.2) is 49.2 Å². The molecule has 0 saturated heterocycles. The Morgan fingerprint density at radius 3 is 2.38 bits per heavy atom. The minimum atomic E-state index is -3.75. The van der Waals surface area contributed by atoms with E-state index in [0.29, 0.717) is 5.56 Å². The van der Waals surface area contributed by atoms with Crippen LogP contribution in [-0.2, 0) is 10.1 Å². The first-order valence-corrected chi connectivity index (χ1v) is 5.76. The fraction of sp³-hybridized carbons (Fsp3) is 0.250. The molecule has 16 heavy (non-hydrogen) atoms. The number of nitro groups is 1. The van der Waals surface area contributed by atoms with Crippen LogP contribution in [0, 0.1) is 17.0 Å². The Balaban J connectivity index is 0.00000225. The maximum atomic E-state index is 10.8. The minimum absolute atomic E-state index is 0. The van der Waals surface area contributed by atoms with Crippen molar-refractivity contribution in [3.05, 3.63) is 33.9 Å². The van der Waals surface area contributed by atoms with E-state index in [2.05, 4.69) is 4.18 Å². The van der Waals surface area contributed by atoms with Crippen molar-refractivity contribution in [1.29, 1.82) is 0 Å². The Bertz CT molecular complexity index is 499. The Labute approximate surface area is 115 Å². The summed E-state index contributed by atoms with van der Waals surface area (Å²) in [6.45, 7) is 1.66. The maximum absolute atomic E-state index is 10.8. The fourth-order valence-electron chi connectivity index (χ4n) is 1.00. The number of rotatable bonds is 3. The summed E-state index contributed by atoms with van der Waals surface area (Å²) in [6.07, 6.45) is 0.830. The summed E-state index contributed by atoms with van der Waals surface area (Å²) in [5.74, 6) is -0.270. The quantitative estimate of drug-likeness (QED) is 0.345. The number of benzene rings is 1. The van der Waals surface area contributed by atoms with Crippen molar-refractivity contribution < 1.29 is 17.5 Å². The number of nitro benzene ring substituents is 1. The number of hydrogen-bond donors (Lipinski definition) is 0. The van der Waals surface area contributed by atoms with Crippen molar-refractivity contribution in [2.75, 3.05) is 6.26 Å². The van der Waals surface area contributed by atoms with Gasteiger partial charge in [0, 0.05) is 35.6 Å². The second-order valence-corrected chi connectivity index (χ2v) is 4.59. The molecule has 0 unspecified atom stereocenters. The molecule has 1 rings (SSSR count). The van der Waals surface area contributed by atoms with E-state index in [9.17, 15) is 18.5 Å². The number of nitrogens with zero attached hydrogens (tertiary/aromatic N) is 1. The third kappa shape index (κ3) is 4.48. The first kappa shape index (κ1) is 15.4. The van der Waals surface area contributed by atoms with Gasteiger partial charge in [-0.2, -0.15) is 8.42 Å². The molecule has 0 N–H and O–H groups in total. The number of aryl methyl sites for hydroxylation is 1. The third-order valence-electron chi connectivity index (χ3n) is 1.55. The average molecular weight is 254 g/mol. The standard InChI is InChI=1S/C8H9NO5S.Na/c1-6-3-4-8(14-15(2,12)13)7(5-6)9(10)11;/h3-5H,1-2H3;. The first-order valence-electron chi connectivity index (χ1n) is 3.94. The zero-order valence-corrected chi connectivity index (χ0v) is 11.9. The van der Waals surface area contributed by atoms with E-state index < -0.39 is 15.0 Å². The maximum Gasteiger partial charge on any atom is 0.312 e. The SMILES string of the molecule is Cc1ccc(OS(C)(=O)=O)c([N+](=O)[O-])c1.[Na]. The molecule has 6 nitrogen and oxygen atoms in total. The molecule has 0 aromatic heterocycles. The van der Waals surface area contributed by atoms with E-state index in [4.69, 9.17) is 0 Å². The van der Waals surface area contributed by atoms with Crippen molar-refractivity contribution in [2.24, 2.45) is 0 Å². The summed E-state index contributed by atoms with van der Waals surface area (Å²) < 4.78 is 26.1. The first-order chi connectivity index (χ1) is 6.79. The Morgan fingerprint density at radius 2 is 1.94 bits per heavy atom. The monoisotopic (exact) mass is 254 g/mol. The largest absolute Gasteiger partial charge is 0.375 e. The molecule has 0 amide bonds. The van der Waals surface area contributed by atoms with Crippen molar-refractivity contribution >= 4 is 45.4 Å². The Hall–Kier alpha value is -0.630. The Morgan fingerprint density at radius 1 is 1.38 bits per heavy atom. The molecule has 1 aromatic rings. The summed E-state index contributed by atoms with van der Waals surface area (Å²) in [7, 11) is -3.75. The van der Waals surface area contributed by atoms with E-state index in [-0.39, 0.29) is 41.0 Å². The molecule has 0 aliphatic heterocycles. The van der Waals surface area contributed by atoms with E-state index in [0.717, 1.165) is 6.26 Å². The van der Waals surface area contributed by atoms with Crippen LogP contribution in [0.25, 0.3) is 0 Å². The van der Waals surface area contributed by atoms with Crippen LogP contribution in [0.3, 0.4) is 0 Å². The van der Waals surface area contributed by atoms with Crippen molar-refractivity contribution in [3.63, 3.8) is 0 Å². The predicted molar refractivity (Wildman–Crippen MR) is 59.1 cm³/mol. The molecular weight excluding hydrogens is 245 g/mol. The molecule has 0 aliphatic rings. The minimum Gasteiger partial charge on any atom is -0.375 e. The molecule has 0 spiro atoms. The zero-order valence-electron chi connectivity index (χ0n) is 9.13. The van der Waals surface area contributed by atoms with E-state index in [1.165, 1.54) is 18.2 Å². The molecular formula is C8H9NNaO5S. The summed E-state index contributed by atoms with van der Waals surface area (Å²) in [5.41, 5.74) is 0.294. The molecule has 0 bridgehead atoms. The van der Waals surface area contributed by atoms with Gasteiger partial charge in [0.2, 0.25) is 5.75 Å². The normalized spacial score (nSPS) is 10.4. The molecule has 8 heteroatoms. The number of hydrogen-bond acceptors (Lipinski definition) is 5. The van der Waals surface area contributed by atoms with Gasteiger partial charge in [0.25, 0.3) is 0 Å². The van der Waals surface area contributed by atoms with Gasteiger partial charge in [-0.3, -0.25) is 10.1 Å². The van der Waals surface area contributed by atoms with E-state index in [1.807, 2.05) is 0 Å². The van der Waals surface area contributed by atoms with Gasteiger partial charge in [-0.1, -0.05) is 6.07 Å². The molecule has 0 heterocycles. The smallest absolute Gasteiger partial charge is 0.312 e. The van der Waals surface area contributed by atoms with Crippen LogP contribution in [0.15, 0.2) is 18.2 Å². The summed E-state index contributed by atoms with van der Waals surface area (Å²) >= 11 is 0. The van der Waals surface area contributed by atoms with Gasteiger partial charge in [0.05, 0.1) is 11.2 Å². The summed E-state index contributed by atoms with van der Waals surface area (Å²) in [6, 6.07) is 4.04. The van der Waals surface area contributed by atoms with Gasteiger partial charge < -0.3 is 4.18 Å². The van der Waals surface area contributed by atoms with Crippen molar-refractivity contribution in [2.45, 2.75) is 6.92 Å². The molecule has 0 fully saturated rings. The van der Waals surface area contributed by atoms with Gasteiger partial charge in [0.1, 0.15) is 0 Å². The fourth-order valence-corrected chi connectivity index (χ4v) is 1.47. The van der Waals surface area contributed by atoms with Crippen LogP contribution >= 0.6 is 0 Å². The molecule has 83 valence electrons. The topological polar surface area (TPSA) is 86.5 Å². The van der Waals surface area contributed by atoms with Crippen molar-refractivity contribution in [1.82, 2.24) is 0 Å². The molecule has 1 aromatic carbocycles.